The van der Waals surface area contributed by atoms with E-state index in [0.717, 1.165) is 17.6 Å². The number of nitrogens with zero attached hydrogens (tertiary/aromatic N) is 2. The van der Waals surface area contributed by atoms with Gasteiger partial charge in [0.15, 0.2) is 0 Å². The molecule has 2 rings (SSSR count). The summed E-state index contributed by atoms with van der Waals surface area (Å²) < 4.78 is 3.08. The van der Waals surface area contributed by atoms with Gasteiger partial charge in [-0.05, 0) is 28.9 Å². The molecule has 0 spiro atoms. The van der Waals surface area contributed by atoms with Gasteiger partial charge in [-0.1, -0.05) is 0 Å². The Morgan fingerprint density at radius 3 is 2.77 bits per heavy atom. The van der Waals surface area contributed by atoms with Gasteiger partial charge in [0.2, 0.25) is 0 Å². The van der Waals surface area contributed by atoms with Gasteiger partial charge < -0.3 is 5.32 Å². The van der Waals surface area contributed by atoms with E-state index in [2.05, 4.69) is 26.3 Å². The maximum Gasteiger partial charge on any atom is 0.0656 e. The maximum atomic E-state index is 4.23. The van der Waals surface area contributed by atoms with Crippen molar-refractivity contribution in [3.63, 3.8) is 0 Å². The SMILES string of the molecule is Brc1cnn([C@H]2CCNC2)c1.Cl.Cl. The van der Waals surface area contributed by atoms with Crippen LogP contribution in [-0.4, -0.2) is 22.9 Å². The first-order valence-electron chi connectivity index (χ1n) is 3.76. The van der Waals surface area contributed by atoms with Gasteiger partial charge in [0.25, 0.3) is 0 Å². The van der Waals surface area contributed by atoms with E-state index >= 15 is 0 Å². The first kappa shape index (κ1) is 13.2. The second-order valence-electron chi connectivity index (χ2n) is 2.79. The Hall–Kier alpha value is 0.230. The average Bonchev–Trinajstić information content (AvgIpc) is 2.55. The summed E-state index contributed by atoms with van der Waals surface area (Å²) in [6, 6.07) is 0.557. The molecular formula is C7H12BrCl2N3. The molecule has 3 nitrogen and oxygen atoms in total. The van der Waals surface area contributed by atoms with Gasteiger partial charge in [0.1, 0.15) is 0 Å². The quantitative estimate of drug-likeness (QED) is 0.857. The molecule has 1 N–H and O–H groups in total. The largest absolute Gasteiger partial charge is 0.315 e. The van der Waals surface area contributed by atoms with Crippen LogP contribution in [-0.2, 0) is 0 Å². The van der Waals surface area contributed by atoms with Crippen LogP contribution < -0.4 is 5.32 Å². The zero-order valence-electron chi connectivity index (χ0n) is 6.94. The Labute approximate surface area is 98.2 Å². The Morgan fingerprint density at radius 1 is 1.54 bits per heavy atom. The van der Waals surface area contributed by atoms with E-state index in [1.54, 1.807) is 0 Å². The fourth-order valence-electron chi connectivity index (χ4n) is 1.38. The zero-order chi connectivity index (χ0) is 7.68. The fraction of sp³-hybridized carbons (Fsp3) is 0.571. The number of rotatable bonds is 1. The molecule has 76 valence electrons. The van der Waals surface area contributed by atoms with Gasteiger partial charge in [-0.3, -0.25) is 4.68 Å². The minimum atomic E-state index is 0. The van der Waals surface area contributed by atoms with Crippen molar-refractivity contribution in [1.29, 1.82) is 0 Å². The molecule has 1 aliphatic heterocycles. The molecule has 0 saturated carbocycles. The summed E-state index contributed by atoms with van der Waals surface area (Å²) in [5.41, 5.74) is 0. The highest BCUT2D eigenvalue weighted by Gasteiger charge is 2.16. The van der Waals surface area contributed by atoms with E-state index in [4.69, 9.17) is 0 Å². The first-order chi connectivity index (χ1) is 5.36. The molecule has 0 unspecified atom stereocenters. The van der Waals surface area contributed by atoms with Crippen molar-refractivity contribution in [2.75, 3.05) is 13.1 Å². The van der Waals surface area contributed by atoms with Gasteiger partial charge in [-0.2, -0.15) is 5.10 Å². The zero-order valence-corrected chi connectivity index (χ0v) is 10.2. The molecule has 2 heterocycles. The second kappa shape index (κ2) is 5.86. The molecule has 0 bridgehead atoms. The minimum Gasteiger partial charge on any atom is -0.315 e. The van der Waals surface area contributed by atoms with Crippen LogP contribution in [0.4, 0.5) is 0 Å². The number of hydrogen-bond donors (Lipinski definition) is 1. The summed E-state index contributed by atoms with van der Waals surface area (Å²) in [6.07, 6.45) is 5.05. The summed E-state index contributed by atoms with van der Waals surface area (Å²) in [4.78, 5) is 0. The number of aromatic nitrogens is 2. The highest BCUT2D eigenvalue weighted by molar-refractivity contribution is 9.10. The van der Waals surface area contributed by atoms with Crippen molar-refractivity contribution in [2.24, 2.45) is 0 Å². The normalized spacial score (nSPS) is 20.5. The van der Waals surface area contributed by atoms with Gasteiger partial charge in [0.05, 0.1) is 16.7 Å². The van der Waals surface area contributed by atoms with Gasteiger partial charge in [-0.25, -0.2) is 0 Å². The van der Waals surface area contributed by atoms with Crippen LogP contribution in [0.5, 0.6) is 0 Å². The number of hydrogen-bond acceptors (Lipinski definition) is 2. The Morgan fingerprint density at radius 2 is 2.31 bits per heavy atom. The lowest BCUT2D eigenvalue weighted by molar-refractivity contribution is 0.490. The molecule has 0 aliphatic carbocycles. The highest BCUT2D eigenvalue weighted by atomic mass is 79.9. The molecule has 1 aromatic heterocycles. The molecule has 1 aliphatic rings. The van der Waals surface area contributed by atoms with Gasteiger partial charge in [0, 0.05) is 12.7 Å². The van der Waals surface area contributed by atoms with Crippen molar-refractivity contribution in [2.45, 2.75) is 12.5 Å². The minimum absolute atomic E-state index is 0. The summed E-state index contributed by atoms with van der Waals surface area (Å²) in [6.45, 7) is 2.16. The lowest BCUT2D eigenvalue weighted by Gasteiger charge is -2.07. The van der Waals surface area contributed by atoms with Crippen LogP contribution in [0.25, 0.3) is 0 Å². The third-order valence-electron chi connectivity index (χ3n) is 1.98. The van der Waals surface area contributed by atoms with E-state index < -0.39 is 0 Å². The smallest absolute Gasteiger partial charge is 0.0656 e. The van der Waals surface area contributed by atoms with E-state index in [9.17, 15) is 0 Å². The predicted octanol–water partition coefficient (Wildman–Crippen LogP) is 2.02. The van der Waals surface area contributed by atoms with Crippen molar-refractivity contribution in [3.8, 4) is 0 Å². The van der Waals surface area contributed by atoms with Crippen LogP contribution >= 0.6 is 40.7 Å². The molecule has 1 fully saturated rings. The molecule has 1 aromatic rings. The van der Waals surface area contributed by atoms with E-state index in [1.807, 2.05) is 17.1 Å². The topological polar surface area (TPSA) is 29.9 Å². The van der Waals surface area contributed by atoms with Crippen LogP contribution in [0.15, 0.2) is 16.9 Å². The molecule has 0 radical (unpaired) electrons. The molecule has 1 saturated heterocycles. The number of nitrogens with one attached hydrogen (secondary N) is 1. The molecular weight excluding hydrogens is 277 g/mol. The molecule has 0 amide bonds. The molecule has 1 atom stereocenters. The van der Waals surface area contributed by atoms with Crippen LogP contribution in [0.3, 0.4) is 0 Å². The Bertz CT molecular complexity index is 248. The van der Waals surface area contributed by atoms with E-state index in [-0.39, 0.29) is 24.8 Å². The standard InChI is InChI=1S/C7H10BrN3.2ClH/c8-6-3-10-11(5-6)7-1-2-9-4-7;;/h3,5,7,9H,1-2,4H2;2*1H/t7-;;/m0../s1. The summed E-state index contributed by atoms with van der Waals surface area (Å²) in [7, 11) is 0. The fourth-order valence-corrected chi connectivity index (χ4v) is 1.68. The van der Waals surface area contributed by atoms with E-state index in [0.29, 0.717) is 6.04 Å². The molecule has 13 heavy (non-hydrogen) atoms. The molecule has 6 heteroatoms. The lowest BCUT2D eigenvalue weighted by atomic mass is 10.3. The van der Waals surface area contributed by atoms with Crippen molar-refractivity contribution in [1.82, 2.24) is 15.1 Å². The average molecular weight is 289 g/mol. The van der Waals surface area contributed by atoms with Crippen LogP contribution in [0, 0.1) is 0 Å². The summed E-state index contributed by atoms with van der Waals surface area (Å²) in [5, 5.41) is 7.53. The Balaban J connectivity index is 0.000000720. The summed E-state index contributed by atoms with van der Waals surface area (Å²) >= 11 is 3.38. The van der Waals surface area contributed by atoms with Crippen LogP contribution in [0.2, 0.25) is 0 Å². The lowest BCUT2D eigenvalue weighted by Crippen LogP contribution is -2.13. The maximum absolute atomic E-state index is 4.23. The van der Waals surface area contributed by atoms with Crippen LogP contribution in [0.1, 0.15) is 12.5 Å². The first-order valence-corrected chi connectivity index (χ1v) is 4.56. The van der Waals surface area contributed by atoms with Crippen molar-refractivity contribution >= 4 is 40.7 Å². The molecule has 0 aromatic carbocycles. The predicted molar refractivity (Wildman–Crippen MR) is 60.9 cm³/mol. The van der Waals surface area contributed by atoms with Crippen molar-refractivity contribution < 1.29 is 0 Å². The van der Waals surface area contributed by atoms with Gasteiger partial charge >= 0.3 is 0 Å². The summed E-state index contributed by atoms with van der Waals surface area (Å²) in [5.74, 6) is 0. The highest BCUT2D eigenvalue weighted by Crippen LogP contribution is 2.16. The third-order valence-corrected chi connectivity index (χ3v) is 2.39. The second-order valence-corrected chi connectivity index (χ2v) is 3.70. The number of halogens is 3. The Kier molecular flexibility index (Phi) is 5.96. The van der Waals surface area contributed by atoms with Crippen molar-refractivity contribution in [3.05, 3.63) is 16.9 Å². The monoisotopic (exact) mass is 287 g/mol. The van der Waals surface area contributed by atoms with Gasteiger partial charge in [-0.15, -0.1) is 24.8 Å². The van der Waals surface area contributed by atoms with E-state index in [1.165, 1.54) is 6.42 Å². The third kappa shape index (κ3) is 3.13.